The van der Waals surface area contributed by atoms with Crippen LogP contribution in [0.25, 0.3) is 6.08 Å². The Balaban J connectivity index is 0.000000302. The van der Waals surface area contributed by atoms with Crippen LogP contribution < -0.4 is 5.32 Å². The molecule has 1 rings (SSSR count). The molecule has 1 N–H and O–H groups in total. The van der Waals surface area contributed by atoms with Gasteiger partial charge in [-0.15, -0.1) is 0 Å². The molecule has 0 radical (unpaired) electrons. The fourth-order valence-corrected chi connectivity index (χ4v) is 1.71. The molecule has 0 atom stereocenters. The minimum Gasteiger partial charge on any atom is -0.307 e. The number of rotatable bonds is 1. The Morgan fingerprint density at radius 2 is 1.29 bits per heavy atom. The highest BCUT2D eigenvalue weighted by Crippen LogP contribution is 2.08. The molecule has 1 aromatic rings. The molecule has 1 nitrogen and oxygen atoms in total. The van der Waals surface area contributed by atoms with Crippen LogP contribution in [0.5, 0.6) is 0 Å². The molecule has 0 unspecified atom stereocenters. The van der Waals surface area contributed by atoms with Crippen molar-refractivity contribution in [2.45, 2.75) is 52.6 Å². The van der Waals surface area contributed by atoms with Crippen molar-refractivity contribution in [3.63, 3.8) is 0 Å². The number of hydrogen-bond acceptors (Lipinski definition) is 1. The van der Waals surface area contributed by atoms with E-state index in [0.29, 0.717) is 0 Å². The lowest BCUT2D eigenvalue weighted by molar-refractivity contribution is 0.303. The summed E-state index contributed by atoms with van der Waals surface area (Å²) >= 11 is 0. The molecule has 1 heteroatoms. The summed E-state index contributed by atoms with van der Waals surface area (Å²) in [5, 5.41) is 3.46. The first kappa shape index (κ1) is 15.9. The Morgan fingerprint density at radius 1 is 0.882 bits per heavy atom. The molecule has 0 saturated carbocycles. The minimum absolute atomic E-state index is 0.234. The maximum Gasteiger partial charge on any atom is 0.0101 e. The van der Waals surface area contributed by atoms with Gasteiger partial charge in [-0.3, -0.25) is 0 Å². The highest BCUT2D eigenvalue weighted by atomic mass is 15.0. The van der Waals surface area contributed by atoms with E-state index in [1.165, 1.54) is 5.56 Å². The molecule has 0 amide bonds. The van der Waals surface area contributed by atoms with E-state index in [0.717, 1.165) is 0 Å². The van der Waals surface area contributed by atoms with Gasteiger partial charge in [0.1, 0.15) is 0 Å². The lowest BCUT2D eigenvalue weighted by atomic mass is 10.0. The van der Waals surface area contributed by atoms with E-state index in [9.17, 15) is 0 Å². The summed E-state index contributed by atoms with van der Waals surface area (Å²) in [4.78, 5) is 0. The summed E-state index contributed by atoms with van der Waals surface area (Å²) in [6, 6.07) is 10.0. The van der Waals surface area contributed by atoms with Crippen LogP contribution in [0.2, 0.25) is 0 Å². The van der Waals surface area contributed by atoms with Gasteiger partial charge in [0.25, 0.3) is 0 Å². The summed E-state index contributed by atoms with van der Waals surface area (Å²) in [7, 11) is 0. The molecule has 0 aliphatic carbocycles. The predicted octanol–water partition coefficient (Wildman–Crippen LogP) is 4.50. The van der Waals surface area contributed by atoms with Crippen molar-refractivity contribution >= 4 is 6.08 Å². The Morgan fingerprint density at radius 3 is 1.47 bits per heavy atom. The van der Waals surface area contributed by atoms with Gasteiger partial charge in [0, 0.05) is 11.1 Å². The molecule has 1 aromatic carbocycles. The normalized spacial score (nSPS) is 11.4. The summed E-state index contributed by atoms with van der Waals surface area (Å²) < 4.78 is 0. The zero-order chi connectivity index (χ0) is 13.5. The predicted molar refractivity (Wildman–Crippen MR) is 79.2 cm³/mol. The fraction of sp³-hybridized carbons (Fsp3) is 0.500. The van der Waals surface area contributed by atoms with Gasteiger partial charge in [0.15, 0.2) is 0 Å². The van der Waals surface area contributed by atoms with Crippen molar-refractivity contribution in [1.82, 2.24) is 5.32 Å². The summed E-state index contributed by atoms with van der Waals surface area (Å²) in [6.45, 7) is 16.7. The van der Waals surface area contributed by atoms with Crippen molar-refractivity contribution < 1.29 is 0 Å². The van der Waals surface area contributed by atoms with Crippen LogP contribution in [0.15, 0.2) is 36.9 Å². The van der Waals surface area contributed by atoms with Crippen molar-refractivity contribution in [1.29, 1.82) is 0 Å². The van der Waals surface area contributed by atoms with Crippen molar-refractivity contribution in [3.8, 4) is 0 Å². The lowest BCUT2D eigenvalue weighted by Gasteiger charge is -2.31. The molecule has 0 aliphatic heterocycles. The SMILES string of the molecule is C=Cc1ccccc1.CC(C)(C)NC(C)(C)C. The maximum atomic E-state index is 3.63. The molecule has 0 aliphatic rings. The zero-order valence-electron chi connectivity index (χ0n) is 12.2. The van der Waals surface area contributed by atoms with Crippen LogP contribution in [0.4, 0.5) is 0 Å². The number of nitrogens with one attached hydrogen (secondary N) is 1. The van der Waals surface area contributed by atoms with E-state index in [1.807, 2.05) is 36.4 Å². The van der Waals surface area contributed by atoms with Gasteiger partial charge in [0.2, 0.25) is 0 Å². The minimum atomic E-state index is 0.234. The van der Waals surface area contributed by atoms with Crippen LogP contribution in [0.1, 0.15) is 47.1 Å². The summed E-state index contributed by atoms with van der Waals surface area (Å²) in [6.07, 6.45) is 1.83. The topological polar surface area (TPSA) is 12.0 Å². The van der Waals surface area contributed by atoms with Crippen molar-refractivity contribution in [2.24, 2.45) is 0 Å². The largest absolute Gasteiger partial charge is 0.307 e. The van der Waals surface area contributed by atoms with Gasteiger partial charge in [-0.2, -0.15) is 0 Å². The van der Waals surface area contributed by atoms with E-state index in [2.05, 4.69) is 53.4 Å². The third-order valence-corrected chi connectivity index (χ3v) is 1.79. The van der Waals surface area contributed by atoms with Gasteiger partial charge in [-0.1, -0.05) is 43.0 Å². The third kappa shape index (κ3) is 11.2. The second kappa shape index (κ2) is 6.61. The van der Waals surface area contributed by atoms with Crippen molar-refractivity contribution in [2.75, 3.05) is 0 Å². The average Bonchev–Trinajstić information content (AvgIpc) is 2.14. The van der Waals surface area contributed by atoms with Gasteiger partial charge in [-0.25, -0.2) is 0 Å². The number of benzene rings is 1. The maximum absolute atomic E-state index is 3.63. The molecule has 0 fully saturated rings. The Bertz CT molecular complexity index is 300. The standard InChI is InChI=1S/C8H19N.C8H8/c1-7(2,3)9-8(4,5)6;1-2-8-6-4-3-5-7-8/h9H,1-6H3;2-7H,1H2. The molecule has 96 valence electrons. The van der Waals surface area contributed by atoms with Gasteiger partial charge < -0.3 is 5.32 Å². The zero-order valence-corrected chi connectivity index (χ0v) is 12.2. The third-order valence-electron chi connectivity index (χ3n) is 1.79. The van der Waals surface area contributed by atoms with E-state index in [1.54, 1.807) is 0 Å². The molecule has 0 bridgehead atoms. The van der Waals surface area contributed by atoms with Crippen LogP contribution in [0, 0.1) is 0 Å². The van der Waals surface area contributed by atoms with Crippen LogP contribution >= 0.6 is 0 Å². The molecule has 0 saturated heterocycles. The van der Waals surface area contributed by atoms with E-state index < -0.39 is 0 Å². The molecular formula is C16H27N. The van der Waals surface area contributed by atoms with Gasteiger partial charge in [-0.05, 0) is 47.1 Å². The van der Waals surface area contributed by atoms with Crippen LogP contribution in [-0.4, -0.2) is 11.1 Å². The molecular weight excluding hydrogens is 206 g/mol. The van der Waals surface area contributed by atoms with Crippen LogP contribution in [-0.2, 0) is 0 Å². The van der Waals surface area contributed by atoms with E-state index in [-0.39, 0.29) is 11.1 Å². The Hall–Kier alpha value is -1.08. The lowest BCUT2D eigenvalue weighted by Crippen LogP contribution is -2.48. The first-order valence-electron chi connectivity index (χ1n) is 6.11. The van der Waals surface area contributed by atoms with Crippen molar-refractivity contribution in [3.05, 3.63) is 42.5 Å². The molecule has 0 heterocycles. The highest BCUT2D eigenvalue weighted by molar-refractivity contribution is 5.45. The summed E-state index contributed by atoms with van der Waals surface area (Å²) in [5.74, 6) is 0. The Labute approximate surface area is 107 Å². The second-order valence-corrected chi connectivity index (χ2v) is 6.24. The highest BCUT2D eigenvalue weighted by Gasteiger charge is 2.17. The van der Waals surface area contributed by atoms with Gasteiger partial charge >= 0.3 is 0 Å². The first-order chi connectivity index (χ1) is 7.64. The van der Waals surface area contributed by atoms with Crippen LogP contribution in [0.3, 0.4) is 0 Å². The quantitative estimate of drug-likeness (QED) is 0.753. The smallest absolute Gasteiger partial charge is 0.0101 e. The Kier molecular flexibility index (Phi) is 6.19. The summed E-state index contributed by atoms with van der Waals surface area (Å²) in [5.41, 5.74) is 1.64. The van der Waals surface area contributed by atoms with E-state index in [4.69, 9.17) is 0 Å². The monoisotopic (exact) mass is 233 g/mol. The molecule has 0 spiro atoms. The number of hydrogen-bond donors (Lipinski definition) is 1. The molecule has 0 aromatic heterocycles. The van der Waals surface area contributed by atoms with Gasteiger partial charge in [0.05, 0.1) is 0 Å². The fourth-order valence-electron chi connectivity index (χ4n) is 1.71. The molecule has 17 heavy (non-hydrogen) atoms. The van der Waals surface area contributed by atoms with E-state index >= 15 is 0 Å². The second-order valence-electron chi connectivity index (χ2n) is 6.24. The average molecular weight is 233 g/mol. The first-order valence-corrected chi connectivity index (χ1v) is 6.11.